The summed E-state index contributed by atoms with van der Waals surface area (Å²) >= 11 is 0. The quantitative estimate of drug-likeness (QED) is 0.327. The number of anilines is 2. The number of hydrogen-bond acceptors (Lipinski definition) is 10. The number of nitrogens with one attached hydrogen (secondary N) is 1. The third-order valence-corrected chi connectivity index (χ3v) is 9.13. The Morgan fingerprint density at radius 3 is 2.40 bits per heavy atom. The normalized spacial score (nSPS) is 20.8. The van der Waals surface area contributed by atoms with Gasteiger partial charge in [-0.15, -0.1) is 0 Å². The maximum Gasteiger partial charge on any atom is 0.440 e. The lowest BCUT2D eigenvalue weighted by atomic mass is 9.88. The first-order valence-corrected chi connectivity index (χ1v) is 14.9. The molecule has 5 aromatic rings. The van der Waals surface area contributed by atoms with Crippen LogP contribution in [-0.4, -0.2) is 56.5 Å². The Balaban J connectivity index is 1.30. The van der Waals surface area contributed by atoms with Crippen molar-refractivity contribution in [3.63, 3.8) is 0 Å². The number of hydrogen-bond donors (Lipinski definition) is 2. The van der Waals surface area contributed by atoms with Gasteiger partial charge in [0, 0.05) is 47.1 Å². The number of piperidine rings is 1. The molecule has 2 saturated heterocycles. The molecule has 12 nitrogen and oxygen atoms in total. The van der Waals surface area contributed by atoms with E-state index in [0.717, 1.165) is 35.9 Å². The molecule has 4 aromatic heterocycles. The van der Waals surface area contributed by atoms with Crippen molar-refractivity contribution < 1.29 is 12.9 Å². The van der Waals surface area contributed by atoms with E-state index < -0.39 is 15.6 Å². The molecular formula is C27H26N8O4S. The van der Waals surface area contributed by atoms with E-state index in [2.05, 4.69) is 25.1 Å². The van der Waals surface area contributed by atoms with Gasteiger partial charge in [0.1, 0.15) is 10.7 Å². The first-order valence-electron chi connectivity index (χ1n) is 13.0. The van der Waals surface area contributed by atoms with Crippen molar-refractivity contribution in [1.29, 1.82) is 0 Å². The fourth-order valence-corrected chi connectivity index (χ4v) is 7.35. The van der Waals surface area contributed by atoms with E-state index in [1.54, 1.807) is 12.4 Å². The standard InChI is InChI=1S/C27H26N8O4S/c1-40(37,38)23-22(17-11-18-8-9-19(12-17)34(18)26-32-27(36)39-33-26)31-25-20(14-30-35(25)24(23)28)16-7-10-21(29-13-16)15-5-3-2-4-6-15/h2-7,10,13-14,17-19H,8-9,11-12,28H2,1H3,(H,32,33,36)/t17-,18-,19+. The van der Waals surface area contributed by atoms with Crippen molar-refractivity contribution in [3.05, 3.63) is 71.1 Å². The first kappa shape index (κ1) is 24.5. The fraction of sp³-hybridized carbons (Fsp3) is 0.296. The van der Waals surface area contributed by atoms with Crippen LogP contribution in [0.3, 0.4) is 0 Å². The summed E-state index contributed by atoms with van der Waals surface area (Å²) in [6.45, 7) is 0. The smallest absolute Gasteiger partial charge is 0.382 e. The Morgan fingerprint density at radius 2 is 1.77 bits per heavy atom. The number of nitrogens with two attached hydrogens (primary N) is 1. The molecule has 0 radical (unpaired) electrons. The molecule has 1 aromatic carbocycles. The predicted molar refractivity (Wildman–Crippen MR) is 148 cm³/mol. The van der Waals surface area contributed by atoms with Gasteiger partial charge < -0.3 is 10.6 Å². The molecule has 0 amide bonds. The van der Waals surface area contributed by atoms with Crippen molar-refractivity contribution in [1.82, 2.24) is 29.7 Å². The van der Waals surface area contributed by atoms with E-state index in [1.807, 2.05) is 42.5 Å². The zero-order valence-corrected chi connectivity index (χ0v) is 22.4. The van der Waals surface area contributed by atoms with Crippen LogP contribution in [0, 0.1) is 0 Å². The van der Waals surface area contributed by atoms with E-state index >= 15 is 0 Å². The maximum atomic E-state index is 13.0. The zero-order chi connectivity index (χ0) is 27.6. The van der Waals surface area contributed by atoms with Crippen LogP contribution < -0.4 is 16.4 Å². The van der Waals surface area contributed by atoms with Crippen LogP contribution >= 0.6 is 0 Å². The van der Waals surface area contributed by atoms with Gasteiger partial charge >= 0.3 is 5.76 Å². The molecule has 7 rings (SSSR count). The van der Waals surface area contributed by atoms with Gasteiger partial charge in [-0.05, 0) is 36.9 Å². The fourth-order valence-electron chi connectivity index (χ4n) is 6.29. The SMILES string of the molecule is CS(=O)(=O)c1c([C@@H]2C[C@H]3CC[C@@H](C2)N3c2noc(=O)[nH]2)nc2c(-c3ccc(-c4ccccc4)nc3)cnn2c1N. The summed E-state index contributed by atoms with van der Waals surface area (Å²) in [6.07, 6.45) is 7.59. The Morgan fingerprint density at radius 1 is 1.02 bits per heavy atom. The average Bonchev–Trinajstić information content (AvgIpc) is 3.63. The molecule has 0 spiro atoms. The van der Waals surface area contributed by atoms with Crippen molar-refractivity contribution in [2.45, 2.75) is 48.6 Å². The van der Waals surface area contributed by atoms with E-state index in [4.69, 9.17) is 15.2 Å². The second-order valence-electron chi connectivity index (χ2n) is 10.5. The molecule has 40 heavy (non-hydrogen) atoms. The van der Waals surface area contributed by atoms with Gasteiger partial charge in [-0.2, -0.15) is 9.61 Å². The molecule has 2 fully saturated rings. The minimum Gasteiger partial charge on any atom is -0.382 e. The van der Waals surface area contributed by atoms with Crippen LogP contribution in [0.5, 0.6) is 0 Å². The lowest BCUT2D eigenvalue weighted by Crippen LogP contribution is -2.43. The zero-order valence-electron chi connectivity index (χ0n) is 21.6. The minimum absolute atomic E-state index is 0.0138. The van der Waals surface area contributed by atoms with Gasteiger partial charge in [0.15, 0.2) is 15.5 Å². The highest BCUT2D eigenvalue weighted by Gasteiger charge is 2.44. The van der Waals surface area contributed by atoms with Gasteiger partial charge in [0.25, 0.3) is 0 Å². The molecule has 0 saturated carbocycles. The Kier molecular flexibility index (Phi) is 5.52. The Labute approximate surface area is 228 Å². The number of aromatic amines is 1. The van der Waals surface area contributed by atoms with Crippen LogP contribution in [0.15, 0.2) is 69.1 Å². The minimum atomic E-state index is -3.72. The number of nitrogen functional groups attached to an aromatic ring is 1. The molecule has 3 N–H and O–H groups in total. The summed E-state index contributed by atoms with van der Waals surface area (Å²) in [5, 5.41) is 8.30. The molecular weight excluding hydrogens is 532 g/mol. The monoisotopic (exact) mass is 558 g/mol. The van der Waals surface area contributed by atoms with E-state index in [0.29, 0.717) is 35.7 Å². The topological polar surface area (TPSA) is 165 Å². The van der Waals surface area contributed by atoms with Crippen LogP contribution in [0.25, 0.3) is 28.0 Å². The highest BCUT2D eigenvalue weighted by Crippen LogP contribution is 2.46. The van der Waals surface area contributed by atoms with Crippen molar-refractivity contribution in [2.75, 3.05) is 16.9 Å². The summed E-state index contributed by atoms with van der Waals surface area (Å²) in [4.78, 5) is 25.9. The maximum absolute atomic E-state index is 13.0. The predicted octanol–water partition coefficient (Wildman–Crippen LogP) is 3.04. The van der Waals surface area contributed by atoms with Crippen LogP contribution in [0.1, 0.15) is 37.3 Å². The van der Waals surface area contributed by atoms with Crippen LogP contribution in [0.4, 0.5) is 11.8 Å². The van der Waals surface area contributed by atoms with Crippen molar-refractivity contribution in [2.24, 2.45) is 0 Å². The van der Waals surface area contributed by atoms with Crippen molar-refractivity contribution >= 4 is 27.3 Å². The van der Waals surface area contributed by atoms with Gasteiger partial charge in [-0.1, -0.05) is 36.4 Å². The van der Waals surface area contributed by atoms with Crippen LogP contribution in [-0.2, 0) is 9.84 Å². The van der Waals surface area contributed by atoms with Gasteiger partial charge in [0.2, 0.25) is 5.95 Å². The highest BCUT2D eigenvalue weighted by molar-refractivity contribution is 7.91. The summed E-state index contributed by atoms with van der Waals surface area (Å²) in [5.41, 5.74) is 10.8. The van der Waals surface area contributed by atoms with Crippen molar-refractivity contribution in [3.8, 4) is 22.4 Å². The van der Waals surface area contributed by atoms with E-state index in [1.165, 1.54) is 4.52 Å². The van der Waals surface area contributed by atoms with E-state index in [9.17, 15) is 13.2 Å². The molecule has 2 aliphatic heterocycles. The summed E-state index contributed by atoms with van der Waals surface area (Å²) in [6, 6.07) is 13.9. The molecule has 2 aliphatic rings. The number of sulfone groups is 1. The summed E-state index contributed by atoms with van der Waals surface area (Å²) in [7, 11) is -3.72. The largest absolute Gasteiger partial charge is 0.440 e. The first-order chi connectivity index (χ1) is 19.3. The van der Waals surface area contributed by atoms with Gasteiger partial charge in [-0.3, -0.25) is 14.5 Å². The number of fused-ring (bicyclic) bond motifs is 3. The third-order valence-electron chi connectivity index (χ3n) is 7.97. The second kappa shape index (κ2) is 9.01. The second-order valence-corrected chi connectivity index (χ2v) is 12.4. The summed E-state index contributed by atoms with van der Waals surface area (Å²) < 4.78 is 32.2. The number of H-pyrrole nitrogens is 1. The average molecular weight is 559 g/mol. The Hall–Kier alpha value is -4.52. The summed E-state index contributed by atoms with van der Waals surface area (Å²) in [5.74, 6) is -0.314. The number of pyridine rings is 1. The molecule has 204 valence electrons. The van der Waals surface area contributed by atoms with Gasteiger partial charge in [0.05, 0.1) is 17.6 Å². The lowest BCUT2D eigenvalue weighted by Gasteiger charge is -2.38. The van der Waals surface area contributed by atoms with Crippen LogP contribution in [0.2, 0.25) is 0 Å². The number of nitrogens with zero attached hydrogens (tertiary/aromatic N) is 6. The molecule has 0 unspecified atom stereocenters. The Bertz CT molecular complexity index is 1880. The highest BCUT2D eigenvalue weighted by atomic mass is 32.2. The molecule has 3 atom stereocenters. The third kappa shape index (κ3) is 3.96. The lowest BCUT2D eigenvalue weighted by molar-refractivity contribution is 0.370. The number of benzene rings is 1. The number of aromatic nitrogens is 6. The van der Waals surface area contributed by atoms with Gasteiger partial charge in [-0.25, -0.2) is 18.2 Å². The molecule has 13 heteroatoms. The molecule has 6 heterocycles. The molecule has 2 bridgehead atoms. The molecule has 0 aliphatic carbocycles. The van der Waals surface area contributed by atoms with E-state index in [-0.39, 0.29) is 28.7 Å². The number of rotatable bonds is 5.